The standard InChI is InChI=1S/CH3ClN2/c2-1-4-3/h1H,3H2/b4-1-. The lowest BCUT2D eigenvalue weighted by atomic mass is 11.7. The van der Waals surface area contributed by atoms with Crippen molar-refractivity contribution in [2.24, 2.45) is 10.9 Å². The van der Waals surface area contributed by atoms with Gasteiger partial charge >= 0.3 is 0 Å². The molecule has 2 N–H and O–H groups in total. The molecular formula is CH3ClN2. The maximum atomic E-state index is 4.77. The zero-order valence-electron chi connectivity index (χ0n) is 1.98. The summed E-state index contributed by atoms with van der Waals surface area (Å²) in [5.41, 5.74) is 1.00. The summed E-state index contributed by atoms with van der Waals surface area (Å²) in [7, 11) is 0. The first-order valence-corrected chi connectivity index (χ1v) is 1.17. The summed E-state index contributed by atoms with van der Waals surface area (Å²) in [5.74, 6) is 4.47. The fourth-order valence-electron chi connectivity index (χ4n) is 0. The van der Waals surface area contributed by atoms with E-state index in [0.29, 0.717) is 0 Å². The van der Waals surface area contributed by atoms with E-state index in [2.05, 4.69) is 10.9 Å². The van der Waals surface area contributed by atoms with E-state index in [0.717, 1.165) is 5.67 Å². The Morgan fingerprint density at radius 3 is 2.25 bits per heavy atom. The van der Waals surface area contributed by atoms with Gasteiger partial charge in [-0.3, -0.25) is 0 Å². The van der Waals surface area contributed by atoms with Gasteiger partial charge in [0.15, 0.2) is 0 Å². The predicted octanol–water partition coefficient (Wildman–Crippen LogP) is 0.127. The van der Waals surface area contributed by atoms with Gasteiger partial charge in [0, 0.05) is 0 Å². The minimum atomic E-state index is 1.00. The number of halogens is 1. The third kappa shape index (κ3) is 1.76. The summed E-state index contributed by atoms with van der Waals surface area (Å²) < 4.78 is 0. The van der Waals surface area contributed by atoms with Crippen molar-refractivity contribution in [3.8, 4) is 0 Å². The molecular weight excluding hydrogens is 75.5 g/mol. The number of hydrogen-bond donors (Lipinski definition) is 1. The third-order valence-corrected chi connectivity index (χ3v) is 0.169. The molecule has 0 radical (unpaired) electrons. The van der Waals surface area contributed by atoms with Crippen LogP contribution in [0.15, 0.2) is 5.10 Å². The van der Waals surface area contributed by atoms with Crippen LogP contribution in [0.1, 0.15) is 0 Å². The van der Waals surface area contributed by atoms with Gasteiger partial charge in [-0.1, -0.05) is 11.6 Å². The first kappa shape index (κ1) is 3.76. The Morgan fingerprint density at radius 2 is 2.25 bits per heavy atom. The molecule has 0 aliphatic rings. The quantitative estimate of drug-likeness (QED) is 0.250. The van der Waals surface area contributed by atoms with Crippen LogP contribution in [0.25, 0.3) is 0 Å². The van der Waals surface area contributed by atoms with Crippen molar-refractivity contribution >= 4 is 17.3 Å². The Bertz CT molecular complexity index is 21.2. The molecule has 0 saturated heterocycles. The second-order valence-electron chi connectivity index (χ2n) is 0.247. The van der Waals surface area contributed by atoms with E-state index >= 15 is 0 Å². The molecule has 0 aliphatic carbocycles. The highest BCUT2D eigenvalue weighted by Gasteiger charge is 1.35. The summed E-state index contributed by atoms with van der Waals surface area (Å²) in [5, 5.41) is 2.88. The molecule has 4 heavy (non-hydrogen) atoms. The largest absolute Gasteiger partial charge is 0.322 e. The lowest BCUT2D eigenvalue weighted by molar-refractivity contribution is 1.27. The van der Waals surface area contributed by atoms with E-state index in [1.807, 2.05) is 0 Å². The van der Waals surface area contributed by atoms with E-state index in [1.54, 1.807) is 0 Å². The van der Waals surface area contributed by atoms with Gasteiger partial charge in [0.05, 0.1) is 0 Å². The van der Waals surface area contributed by atoms with E-state index in [1.165, 1.54) is 0 Å². The van der Waals surface area contributed by atoms with Crippen molar-refractivity contribution in [1.29, 1.82) is 0 Å². The van der Waals surface area contributed by atoms with E-state index < -0.39 is 0 Å². The molecule has 0 fully saturated rings. The molecule has 0 aromatic heterocycles. The number of nitrogens with two attached hydrogens (primary N) is 1. The lowest BCUT2D eigenvalue weighted by Crippen LogP contribution is -1.72. The summed E-state index contributed by atoms with van der Waals surface area (Å²) in [6, 6.07) is 0. The Morgan fingerprint density at radius 1 is 2.00 bits per heavy atom. The molecule has 0 atom stereocenters. The highest BCUT2D eigenvalue weighted by molar-refractivity contribution is 6.56. The SMILES string of the molecule is N/N=C\Cl. The monoisotopic (exact) mass is 78.0 g/mol. The highest BCUT2D eigenvalue weighted by atomic mass is 35.5. The van der Waals surface area contributed by atoms with Crippen LogP contribution < -0.4 is 5.84 Å². The molecule has 0 heterocycles. The van der Waals surface area contributed by atoms with Gasteiger partial charge in [-0.25, -0.2) is 0 Å². The van der Waals surface area contributed by atoms with Crippen molar-refractivity contribution < 1.29 is 0 Å². The van der Waals surface area contributed by atoms with Gasteiger partial charge in [-0.05, 0) is 0 Å². The first-order chi connectivity index (χ1) is 1.91. The van der Waals surface area contributed by atoms with Crippen molar-refractivity contribution in [2.45, 2.75) is 0 Å². The minimum absolute atomic E-state index is 1.00. The minimum Gasteiger partial charge on any atom is -0.322 e. The summed E-state index contributed by atoms with van der Waals surface area (Å²) >= 11 is 4.77. The molecule has 0 bridgehead atoms. The maximum Gasteiger partial charge on any atom is 0.112 e. The molecule has 0 spiro atoms. The average Bonchev–Trinajstić information content (AvgIpc) is 1.37. The van der Waals surface area contributed by atoms with Gasteiger partial charge in [0.25, 0.3) is 0 Å². The first-order valence-electron chi connectivity index (χ1n) is 0.735. The van der Waals surface area contributed by atoms with Crippen LogP contribution in [0.3, 0.4) is 0 Å². The summed E-state index contributed by atoms with van der Waals surface area (Å²) in [6.07, 6.45) is 0. The van der Waals surface area contributed by atoms with Gasteiger partial charge in [0.2, 0.25) is 0 Å². The molecule has 0 saturated carbocycles. The molecule has 2 nitrogen and oxygen atoms in total. The molecule has 0 unspecified atom stereocenters. The van der Waals surface area contributed by atoms with E-state index in [9.17, 15) is 0 Å². The van der Waals surface area contributed by atoms with Gasteiger partial charge in [-0.15, -0.1) is 0 Å². The van der Waals surface area contributed by atoms with Crippen molar-refractivity contribution in [2.75, 3.05) is 0 Å². The van der Waals surface area contributed by atoms with Crippen molar-refractivity contribution in [3.63, 3.8) is 0 Å². The van der Waals surface area contributed by atoms with Crippen LogP contribution in [-0.4, -0.2) is 5.67 Å². The lowest BCUT2D eigenvalue weighted by Gasteiger charge is -1.53. The summed E-state index contributed by atoms with van der Waals surface area (Å²) in [4.78, 5) is 0. The van der Waals surface area contributed by atoms with Crippen molar-refractivity contribution in [1.82, 2.24) is 0 Å². The zero-order valence-corrected chi connectivity index (χ0v) is 2.74. The molecule has 0 aliphatic heterocycles. The number of nitrogens with zero attached hydrogens (tertiary/aromatic N) is 1. The van der Waals surface area contributed by atoms with Gasteiger partial charge in [-0.2, -0.15) is 5.10 Å². The Balaban J connectivity index is 2.55. The Labute approximate surface area is 29.2 Å². The number of rotatable bonds is 0. The van der Waals surface area contributed by atoms with Crippen LogP contribution >= 0.6 is 11.6 Å². The average molecular weight is 78.5 g/mol. The highest BCUT2D eigenvalue weighted by Crippen LogP contribution is 1.50. The molecule has 24 valence electrons. The molecule has 0 aromatic carbocycles. The summed E-state index contributed by atoms with van der Waals surface area (Å²) in [6.45, 7) is 0. The van der Waals surface area contributed by atoms with Gasteiger partial charge in [0.1, 0.15) is 5.67 Å². The van der Waals surface area contributed by atoms with E-state index in [4.69, 9.17) is 11.6 Å². The van der Waals surface area contributed by atoms with Crippen molar-refractivity contribution in [3.05, 3.63) is 0 Å². The maximum absolute atomic E-state index is 4.77. The Hall–Kier alpha value is -0.240. The van der Waals surface area contributed by atoms with Crippen LogP contribution in [0.2, 0.25) is 0 Å². The normalized spacial score (nSPS) is 9.25. The van der Waals surface area contributed by atoms with Crippen LogP contribution in [0.5, 0.6) is 0 Å². The number of hydrogen-bond acceptors (Lipinski definition) is 2. The molecule has 0 aromatic rings. The third-order valence-electron chi connectivity index (χ3n) is 0.0563. The smallest absolute Gasteiger partial charge is 0.112 e. The fourth-order valence-corrected chi connectivity index (χ4v) is 0. The fraction of sp³-hybridized carbons (Fsp3) is 0. The van der Waals surface area contributed by atoms with Crippen LogP contribution in [0, 0.1) is 0 Å². The number of hydrazone groups is 1. The predicted molar refractivity (Wildman–Crippen MR) is 18.5 cm³/mol. The topological polar surface area (TPSA) is 38.4 Å². The van der Waals surface area contributed by atoms with Crippen LogP contribution in [0.4, 0.5) is 0 Å². The second-order valence-corrected chi connectivity index (χ2v) is 0.442. The molecule has 3 heteroatoms. The Kier molecular flexibility index (Phi) is 2.59. The second kappa shape index (κ2) is 2.76. The van der Waals surface area contributed by atoms with Gasteiger partial charge < -0.3 is 5.84 Å². The molecule has 0 rings (SSSR count). The molecule has 0 amide bonds. The van der Waals surface area contributed by atoms with E-state index in [-0.39, 0.29) is 0 Å². The van der Waals surface area contributed by atoms with Crippen LogP contribution in [-0.2, 0) is 0 Å². The zero-order chi connectivity index (χ0) is 3.41.